The van der Waals surface area contributed by atoms with E-state index in [1.807, 2.05) is 4.90 Å². The van der Waals surface area contributed by atoms with Crippen molar-refractivity contribution in [2.24, 2.45) is 0 Å². The SMILES string of the molecule is CC[C@@H]1C[C@H](Nc2ncc(N3CCOCC3)c(Cc3cc(C#N)cc(C(F)(F)F)c3)n2)c2cc(C(F)(F)F)ccc2N1C(=O)OCCC(=O)O. The maximum atomic E-state index is 13.9. The van der Waals surface area contributed by atoms with Crippen molar-refractivity contribution >= 4 is 29.4 Å². The number of nitriles is 1. The van der Waals surface area contributed by atoms with Gasteiger partial charge in [-0.25, -0.2) is 14.8 Å². The van der Waals surface area contributed by atoms with Crippen LogP contribution in [0.2, 0.25) is 0 Å². The van der Waals surface area contributed by atoms with Gasteiger partial charge in [0.2, 0.25) is 5.95 Å². The van der Waals surface area contributed by atoms with Crippen LogP contribution in [0.1, 0.15) is 65.7 Å². The first-order chi connectivity index (χ1) is 23.7. The van der Waals surface area contributed by atoms with Crippen molar-refractivity contribution in [2.75, 3.05) is 48.0 Å². The number of rotatable bonds is 9. The zero-order valence-corrected chi connectivity index (χ0v) is 26.6. The molecule has 2 N–H and O–H groups in total. The Kier molecular flexibility index (Phi) is 10.7. The number of nitrogens with one attached hydrogen (secondary N) is 1. The average molecular weight is 707 g/mol. The van der Waals surface area contributed by atoms with E-state index < -0.39 is 60.7 Å². The fourth-order valence-electron chi connectivity index (χ4n) is 6.01. The summed E-state index contributed by atoms with van der Waals surface area (Å²) in [5.74, 6) is -1.22. The lowest BCUT2D eigenvalue weighted by Gasteiger charge is -2.40. The summed E-state index contributed by atoms with van der Waals surface area (Å²) in [6.07, 6.45) is -9.01. The van der Waals surface area contributed by atoms with Gasteiger partial charge in [-0.15, -0.1) is 0 Å². The van der Waals surface area contributed by atoms with Gasteiger partial charge >= 0.3 is 24.4 Å². The van der Waals surface area contributed by atoms with E-state index in [9.17, 15) is 41.2 Å². The number of carbonyl (C=O) groups is 2. The number of benzene rings is 2. The number of carboxylic acid groups (broad SMARTS) is 1. The molecule has 50 heavy (non-hydrogen) atoms. The number of hydrogen-bond donors (Lipinski definition) is 2. The van der Waals surface area contributed by atoms with E-state index in [1.54, 1.807) is 13.0 Å². The van der Waals surface area contributed by atoms with E-state index in [1.165, 1.54) is 17.2 Å². The summed E-state index contributed by atoms with van der Waals surface area (Å²) < 4.78 is 93.3. The minimum atomic E-state index is -4.72. The minimum absolute atomic E-state index is 0.0230. The molecular formula is C33H32F6N6O5. The van der Waals surface area contributed by atoms with Gasteiger partial charge in [0.15, 0.2) is 0 Å². The third-order valence-corrected chi connectivity index (χ3v) is 8.39. The number of aromatic nitrogens is 2. The molecule has 2 aliphatic heterocycles. The first-order valence-electron chi connectivity index (χ1n) is 15.6. The molecule has 0 aliphatic carbocycles. The summed E-state index contributed by atoms with van der Waals surface area (Å²) in [4.78, 5) is 36.3. The molecule has 3 aromatic rings. The molecule has 0 bridgehead atoms. The molecule has 2 aliphatic rings. The number of amides is 1. The molecule has 1 fully saturated rings. The molecule has 3 heterocycles. The molecule has 1 amide bonds. The molecular weight excluding hydrogens is 674 g/mol. The number of halogens is 6. The highest BCUT2D eigenvalue weighted by atomic mass is 19.4. The van der Waals surface area contributed by atoms with Crippen molar-refractivity contribution in [3.63, 3.8) is 0 Å². The Balaban J connectivity index is 1.54. The van der Waals surface area contributed by atoms with Crippen LogP contribution in [0.15, 0.2) is 42.6 Å². The maximum Gasteiger partial charge on any atom is 0.416 e. The van der Waals surface area contributed by atoms with Gasteiger partial charge in [0.25, 0.3) is 0 Å². The van der Waals surface area contributed by atoms with Crippen LogP contribution in [0.4, 0.5) is 48.5 Å². The molecule has 0 spiro atoms. The molecule has 11 nitrogen and oxygen atoms in total. The topological polar surface area (TPSA) is 141 Å². The van der Waals surface area contributed by atoms with Gasteiger partial charge in [0.05, 0.1) is 71.7 Å². The molecule has 1 aromatic heterocycles. The second-order valence-corrected chi connectivity index (χ2v) is 11.7. The van der Waals surface area contributed by atoms with Gasteiger partial charge < -0.3 is 24.8 Å². The number of ether oxygens (including phenoxy) is 2. The van der Waals surface area contributed by atoms with Crippen molar-refractivity contribution < 1.29 is 50.5 Å². The molecule has 1 saturated heterocycles. The number of alkyl halides is 6. The zero-order valence-electron chi connectivity index (χ0n) is 26.6. The van der Waals surface area contributed by atoms with Crippen molar-refractivity contribution in [2.45, 2.75) is 57.0 Å². The molecule has 0 unspecified atom stereocenters. The first kappa shape index (κ1) is 36.2. The molecule has 5 rings (SSSR count). The summed E-state index contributed by atoms with van der Waals surface area (Å²) in [6, 6.07) is 6.23. The van der Waals surface area contributed by atoms with Crippen LogP contribution in [-0.2, 0) is 33.0 Å². The summed E-state index contributed by atoms with van der Waals surface area (Å²) in [5.41, 5.74) is -0.973. The Labute approximate surface area is 282 Å². The summed E-state index contributed by atoms with van der Waals surface area (Å²) in [6.45, 7) is 2.99. The molecule has 2 aromatic carbocycles. The maximum absolute atomic E-state index is 13.9. The Morgan fingerprint density at radius 3 is 2.42 bits per heavy atom. The van der Waals surface area contributed by atoms with E-state index >= 15 is 0 Å². The Bertz CT molecular complexity index is 1770. The Morgan fingerprint density at radius 1 is 1.06 bits per heavy atom. The molecule has 0 saturated carbocycles. The third kappa shape index (κ3) is 8.36. The van der Waals surface area contributed by atoms with Crippen molar-refractivity contribution in [3.05, 3.63) is 76.1 Å². The second-order valence-electron chi connectivity index (χ2n) is 11.7. The van der Waals surface area contributed by atoms with Crippen molar-refractivity contribution in [1.29, 1.82) is 5.26 Å². The molecule has 0 radical (unpaired) electrons. The Hall–Kier alpha value is -5.11. The number of carboxylic acids is 1. The fraction of sp³-hybridized carbons (Fsp3) is 0.424. The second kappa shape index (κ2) is 14.8. The highest BCUT2D eigenvalue weighted by molar-refractivity contribution is 5.90. The third-order valence-electron chi connectivity index (χ3n) is 8.39. The van der Waals surface area contributed by atoms with Gasteiger partial charge in [-0.2, -0.15) is 31.6 Å². The Morgan fingerprint density at radius 2 is 1.78 bits per heavy atom. The lowest BCUT2D eigenvalue weighted by atomic mass is 9.89. The van der Waals surface area contributed by atoms with Gasteiger partial charge in [-0.05, 0) is 60.4 Å². The van der Waals surface area contributed by atoms with E-state index in [4.69, 9.17) is 14.6 Å². The molecule has 2 atom stereocenters. The highest BCUT2D eigenvalue weighted by Gasteiger charge is 2.40. The summed E-state index contributed by atoms with van der Waals surface area (Å²) in [5, 5.41) is 21.4. The van der Waals surface area contributed by atoms with Crippen LogP contribution in [0, 0.1) is 11.3 Å². The van der Waals surface area contributed by atoms with Crippen molar-refractivity contribution in [3.8, 4) is 6.07 Å². The van der Waals surface area contributed by atoms with Crippen LogP contribution in [0.5, 0.6) is 0 Å². The minimum Gasteiger partial charge on any atom is -0.481 e. The van der Waals surface area contributed by atoms with Gasteiger partial charge in [0, 0.05) is 25.6 Å². The van der Waals surface area contributed by atoms with E-state index in [0.717, 1.165) is 30.3 Å². The largest absolute Gasteiger partial charge is 0.481 e. The van der Waals surface area contributed by atoms with E-state index in [0.29, 0.717) is 44.1 Å². The zero-order chi connectivity index (χ0) is 36.2. The van der Waals surface area contributed by atoms with E-state index in [-0.39, 0.29) is 41.2 Å². The summed E-state index contributed by atoms with van der Waals surface area (Å²) >= 11 is 0. The molecule has 266 valence electrons. The van der Waals surface area contributed by atoms with Crippen LogP contribution >= 0.6 is 0 Å². The smallest absolute Gasteiger partial charge is 0.416 e. The van der Waals surface area contributed by atoms with Gasteiger partial charge in [0.1, 0.15) is 6.61 Å². The number of anilines is 3. The number of fused-ring (bicyclic) bond motifs is 1. The predicted molar refractivity (Wildman–Crippen MR) is 167 cm³/mol. The van der Waals surface area contributed by atoms with Crippen LogP contribution in [0.25, 0.3) is 0 Å². The predicted octanol–water partition coefficient (Wildman–Crippen LogP) is 6.57. The van der Waals surface area contributed by atoms with Crippen molar-refractivity contribution in [1.82, 2.24) is 9.97 Å². The van der Waals surface area contributed by atoms with Crippen LogP contribution < -0.4 is 15.1 Å². The number of morpholine rings is 1. The van der Waals surface area contributed by atoms with Crippen LogP contribution in [-0.4, -0.2) is 66.1 Å². The number of nitrogens with zero attached hydrogens (tertiary/aromatic N) is 5. The number of carbonyl (C=O) groups excluding carboxylic acids is 1. The van der Waals surface area contributed by atoms with Crippen LogP contribution in [0.3, 0.4) is 0 Å². The van der Waals surface area contributed by atoms with Gasteiger partial charge in [-0.3, -0.25) is 9.69 Å². The monoisotopic (exact) mass is 706 g/mol. The average Bonchev–Trinajstić information content (AvgIpc) is 3.07. The lowest BCUT2D eigenvalue weighted by molar-refractivity contribution is -0.138. The van der Waals surface area contributed by atoms with E-state index in [2.05, 4.69) is 15.3 Å². The fourth-order valence-corrected chi connectivity index (χ4v) is 6.01. The highest BCUT2D eigenvalue weighted by Crippen LogP contribution is 2.43. The molecule has 17 heteroatoms. The normalized spacial score (nSPS) is 17.9. The standard InChI is InChI=1S/C33H32F6N6O5/c1-2-23-16-25(24-15-21(32(34,35)36)3-4-27(24)45(23)31(48)50-8-5-29(46)47)42-30-41-18-28(44-6-9-49-10-7-44)26(43-30)14-19-11-20(17-40)13-22(12-19)33(37,38)39/h3-4,11-13,15,18,23,25H,2,5-10,14,16H2,1H3,(H,46,47)(H,41,42,43)/t23-,25+/m1/s1. The first-order valence-corrected chi connectivity index (χ1v) is 15.6. The number of aliphatic carboxylic acids is 1. The summed E-state index contributed by atoms with van der Waals surface area (Å²) in [7, 11) is 0. The quantitative estimate of drug-likeness (QED) is 0.235. The van der Waals surface area contributed by atoms with Gasteiger partial charge in [-0.1, -0.05) is 6.92 Å². The lowest BCUT2D eigenvalue weighted by Crippen LogP contribution is -2.46. The number of hydrogen-bond acceptors (Lipinski definition) is 9.